The number of amides is 1. The summed E-state index contributed by atoms with van der Waals surface area (Å²) in [4.78, 5) is 17.0. The Balaban J connectivity index is 2.34. The van der Waals surface area contributed by atoms with E-state index in [4.69, 9.17) is 5.73 Å². The molecule has 1 unspecified atom stereocenters. The molecule has 21 heavy (non-hydrogen) atoms. The average Bonchev–Trinajstić information content (AvgIpc) is 2.99. The first-order valence-corrected chi connectivity index (χ1v) is 7.67. The predicted molar refractivity (Wildman–Crippen MR) is 90.0 cm³/mol. The lowest BCUT2D eigenvalue weighted by Crippen LogP contribution is -2.24. The first-order valence-electron chi connectivity index (χ1n) is 6.79. The topological polar surface area (TPSA) is 49.6 Å². The molecule has 4 nitrogen and oxygen atoms in total. The Morgan fingerprint density at radius 1 is 1.24 bits per heavy atom. The van der Waals surface area contributed by atoms with Crippen LogP contribution >= 0.6 is 11.3 Å². The van der Waals surface area contributed by atoms with Crippen LogP contribution in [0.2, 0.25) is 0 Å². The zero-order valence-corrected chi connectivity index (χ0v) is 13.6. The molecular weight excluding hydrogens is 282 g/mol. The lowest BCUT2D eigenvalue weighted by atomic mass is 10.1. The fourth-order valence-corrected chi connectivity index (χ4v) is 3.00. The third-order valence-electron chi connectivity index (χ3n) is 3.60. The minimum Gasteiger partial charge on any atom is -0.397 e. The molecule has 1 aromatic carbocycles. The highest BCUT2D eigenvalue weighted by molar-refractivity contribution is 7.10. The van der Waals surface area contributed by atoms with E-state index >= 15 is 0 Å². The largest absolute Gasteiger partial charge is 0.397 e. The van der Waals surface area contributed by atoms with Crippen LogP contribution in [-0.4, -0.2) is 32.0 Å². The van der Waals surface area contributed by atoms with E-state index in [-0.39, 0.29) is 11.9 Å². The Labute approximate surface area is 129 Å². The molecule has 0 fully saturated rings. The Bertz CT molecular complexity index is 622. The van der Waals surface area contributed by atoms with Crippen LogP contribution in [0, 0.1) is 0 Å². The van der Waals surface area contributed by atoms with Gasteiger partial charge in [-0.15, -0.1) is 11.3 Å². The van der Waals surface area contributed by atoms with Gasteiger partial charge in [-0.05, 0) is 36.6 Å². The molecular formula is C16H21N3OS. The van der Waals surface area contributed by atoms with Gasteiger partial charge in [0.25, 0.3) is 5.91 Å². The van der Waals surface area contributed by atoms with Gasteiger partial charge in [0.05, 0.1) is 17.4 Å². The zero-order chi connectivity index (χ0) is 15.6. The Morgan fingerprint density at radius 3 is 2.52 bits per heavy atom. The van der Waals surface area contributed by atoms with Gasteiger partial charge >= 0.3 is 0 Å². The summed E-state index contributed by atoms with van der Waals surface area (Å²) in [6, 6.07) is 9.78. The summed E-state index contributed by atoms with van der Waals surface area (Å²) in [6.07, 6.45) is 0. The minimum absolute atomic E-state index is 0.0200. The number of nitrogens with two attached hydrogens (primary N) is 1. The lowest BCUT2D eigenvalue weighted by Gasteiger charge is -2.28. The fraction of sp³-hybridized carbons (Fsp3) is 0.312. The van der Waals surface area contributed by atoms with E-state index in [9.17, 15) is 4.79 Å². The van der Waals surface area contributed by atoms with Crippen molar-refractivity contribution in [1.82, 2.24) is 4.90 Å². The molecule has 0 aliphatic heterocycles. The van der Waals surface area contributed by atoms with Crippen LogP contribution in [0.25, 0.3) is 0 Å². The van der Waals surface area contributed by atoms with Gasteiger partial charge in [0.15, 0.2) is 0 Å². The lowest BCUT2D eigenvalue weighted by molar-refractivity contribution is 0.0827. The van der Waals surface area contributed by atoms with Crippen LogP contribution in [0.5, 0.6) is 0 Å². The predicted octanol–water partition coefficient (Wildman–Crippen LogP) is 3.23. The molecule has 0 aliphatic carbocycles. The van der Waals surface area contributed by atoms with Crippen molar-refractivity contribution in [1.29, 1.82) is 0 Å². The number of carbonyl (C=O) groups is 1. The maximum Gasteiger partial charge on any atom is 0.253 e. The average molecular weight is 303 g/mol. The highest BCUT2D eigenvalue weighted by Crippen LogP contribution is 2.32. The quantitative estimate of drug-likeness (QED) is 0.882. The maximum absolute atomic E-state index is 12.1. The number of hydrogen-bond donors (Lipinski definition) is 1. The van der Waals surface area contributed by atoms with Gasteiger partial charge in [-0.1, -0.05) is 6.07 Å². The Hall–Kier alpha value is -2.01. The van der Waals surface area contributed by atoms with Crippen LogP contribution in [-0.2, 0) is 0 Å². The van der Waals surface area contributed by atoms with E-state index in [1.54, 1.807) is 42.5 Å². The molecule has 0 radical (unpaired) electrons. The highest BCUT2D eigenvalue weighted by Gasteiger charge is 2.17. The van der Waals surface area contributed by atoms with Crippen molar-refractivity contribution in [2.75, 3.05) is 31.8 Å². The Morgan fingerprint density at radius 2 is 1.95 bits per heavy atom. The van der Waals surface area contributed by atoms with Crippen molar-refractivity contribution in [3.05, 3.63) is 46.2 Å². The van der Waals surface area contributed by atoms with Crippen molar-refractivity contribution in [3.63, 3.8) is 0 Å². The summed E-state index contributed by atoms with van der Waals surface area (Å²) in [5.74, 6) is -0.0200. The van der Waals surface area contributed by atoms with Crippen LogP contribution in [0.4, 0.5) is 11.4 Å². The second kappa shape index (κ2) is 6.18. The number of benzene rings is 1. The molecule has 0 aliphatic rings. The summed E-state index contributed by atoms with van der Waals surface area (Å²) < 4.78 is 0. The molecule has 1 amide bonds. The first kappa shape index (κ1) is 15.4. The smallest absolute Gasteiger partial charge is 0.253 e. The first-order chi connectivity index (χ1) is 9.91. The number of anilines is 2. The van der Waals surface area contributed by atoms with Crippen LogP contribution in [0.15, 0.2) is 35.7 Å². The van der Waals surface area contributed by atoms with Gasteiger partial charge in [0.1, 0.15) is 0 Å². The molecule has 2 rings (SSSR count). The molecule has 0 spiro atoms. The summed E-state index contributed by atoms with van der Waals surface area (Å²) in [5.41, 5.74) is 8.30. The summed E-state index contributed by atoms with van der Waals surface area (Å²) in [6.45, 7) is 2.13. The normalized spacial score (nSPS) is 12.0. The minimum atomic E-state index is -0.0200. The Kier molecular flexibility index (Phi) is 4.53. The number of hydrogen-bond acceptors (Lipinski definition) is 4. The van der Waals surface area contributed by atoms with Gasteiger partial charge < -0.3 is 15.5 Å². The van der Waals surface area contributed by atoms with Gasteiger partial charge in [-0.3, -0.25) is 4.79 Å². The summed E-state index contributed by atoms with van der Waals surface area (Å²) >= 11 is 1.72. The molecule has 112 valence electrons. The molecule has 2 aromatic rings. The number of thiophene rings is 1. The van der Waals surface area contributed by atoms with Crippen molar-refractivity contribution in [2.45, 2.75) is 13.0 Å². The van der Waals surface area contributed by atoms with Crippen LogP contribution in [0.3, 0.4) is 0 Å². The molecule has 2 N–H and O–H groups in total. The standard InChI is InChI=1S/C16H21N3OS/c1-11(15-6-5-9-21-15)19(4)14-10-12(7-8-13(14)17)16(20)18(2)3/h5-11H,17H2,1-4H3. The van der Waals surface area contributed by atoms with Gasteiger partial charge in [-0.2, -0.15) is 0 Å². The maximum atomic E-state index is 12.1. The van der Waals surface area contributed by atoms with Crippen molar-refractivity contribution in [2.24, 2.45) is 0 Å². The molecule has 5 heteroatoms. The zero-order valence-electron chi connectivity index (χ0n) is 12.8. The summed E-state index contributed by atoms with van der Waals surface area (Å²) in [5, 5.41) is 2.06. The second-order valence-electron chi connectivity index (χ2n) is 5.28. The van der Waals surface area contributed by atoms with Crippen molar-refractivity contribution >= 4 is 28.6 Å². The van der Waals surface area contributed by atoms with E-state index in [1.807, 2.05) is 19.2 Å². The van der Waals surface area contributed by atoms with E-state index in [1.165, 1.54) is 4.88 Å². The van der Waals surface area contributed by atoms with E-state index in [0.717, 1.165) is 5.69 Å². The van der Waals surface area contributed by atoms with E-state index in [2.05, 4.69) is 23.3 Å². The van der Waals surface area contributed by atoms with Gasteiger partial charge in [-0.25, -0.2) is 0 Å². The van der Waals surface area contributed by atoms with Crippen molar-refractivity contribution in [3.8, 4) is 0 Å². The van der Waals surface area contributed by atoms with E-state index in [0.29, 0.717) is 11.3 Å². The SMILES string of the molecule is CC(c1cccs1)N(C)c1cc(C(=O)N(C)C)ccc1N. The second-order valence-corrected chi connectivity index (χ2v) is 6.25. The fourth-order valence-electron chi connectivity index (χ4n) is 2.17. The molecule has 0 saturated carbocycles. The molecule has 0 bridgehead atoms. The van der Waals surface area contributed by atoms with Crippen LogP contribution in [0.1, 0.15) is 28.2 Å². The molecule has 1 heterocycles. The van der Waals surface area contributed by atoms with Gasteiger partial charge in [0, 0.05) is 31.6 Å². The molecule has 0 saturated heterocycles. The number of nitrogen functional groups attached to an aromatic ring is 1. The van der Waals surface area contributed by atoms with Gasteiger partial charge in [0.2, 0.25) is 0 Å². The molecule has 1 aromatic heterocycles. The van der Waals surface area contributed by atoms with Crippen molar-refractivity contribution < 1.29 is 4.79 Å². The number of rotatable bonds is 4. The third kappa shape index (κ3) is 3.19. The third-order valence-corrected chi connectivity index (χ3v) is 4.64. The van der Waals surface area contributed by atoms with Crippen LogP contribution < -0.4 is 10.6 Å². The number of carbonyl (C=O) groups excluding carboxylic acids is 1. The molecule has 1 atom stereocenters. The van der Waals surface area contributed by atoms with E-state index < -0.39 is 0 Å². The summed E-state index contributed by atoms with van der Waals surface area (Å²) in [7, 11) is 5.49. The number of nitrogens with zero attached hydrogens (tertiary/aromatic N) is 2. The highest BCUT2D eigenvalue weighted by atomic mass is 32.1. The monoisotopic (exact) mass is 303 g/mol.